The number of hydrogen-bond donors (Lipinski definition) is 1. The first-order valence-electron chi connectivity index (χ1n) is 6.58. The van der Waals surface area contributed by atoms with Crippen LogP contribution in [0, 0.1) is 12.3 Å². The Morgan fingerprint density at radius 1 is 1.41 bits per heavy atom. The maximum absolute atomic E-state index is 4.51. The van der Waals surface area contributed by atoms with Crippen LogP contribution in [-0.2, 0) is 6.42 Å². The fourth-order valence-corrected chi connectivity index (χ4v) is 2.88. The van der Waals surface area contributed by atoms with Gasteiger partial charge >= 0.3 is 0 Å². The van der Waals surface area contributed by atoms with Gasteiger partial charge in [-0.1, -0.05) is 27.7 Å². The van der Waals surface area contributed by atoms with Crippen LogP contribution in [0.4, 0.5) is 0 Å². The second-order valence-corrected chi connectivity index (χ2v) is 6.69. The highest BCUT2D eigenvalue weighted by Crippen LogP contribution is 2.24. The highest BCUT2D eigenvalue weighted by molar-refractivity contribution is 7.09. The fourth-order valence-electron chi connectivity index (χ4n) is 2.06. The zero-order chi connectivity index (χ0) is 12.9. The number of aromatic nitrogens is 1. The van der Waals surface area contributed by atoms with Gasteiger partial charge in [-0.15, -0.1) is 11.3 Å². The Balaban J connectivity index is 2.37. The molecule has 0 aliphatic heterocycles. The van der Waals surface area contributed by atoms with Gasteiger partial charge in [0.05, 0.1) is 5.01 Å². The van der Waals surface area contributed by atoms with Crippen molar-refractivity contribution in [2.75, 3.05) is 6.54 Å². The summed E-state index contributed by atoms with van der Waals surface area (Å²) in [6.45, 7) is 12.2. The lowest BCUT2D eigenvalue weighted by atomic mass is 9.84. The van der Waals surface area contributed by atoms with Crippen LogP contribution in [0.3, 0.4) is 0 Å². The van der Waals surface area contributed by atoms with E-state index in [4.69, 9.17) is 0 Å². The maximum atomic E-state index is 4.51. The molecule has 0 radical (unpaired) electrons. The normalized spacial score (nSPS) is 13.9. The van der Waals surface area contributed by atoms with Gasteiger partial charge in [0, 0.05) is 17.1 Å². The van der Waals surface area contributed by atoms with Crippen LogP contribution in [0.5, 0.6) is 0 Å². The van der Waals surface area contributed by atoms with Crippen LogP contribution in [0.1, 0.15) is 51.2 Å². The van der Waals surface area contributed by atoms with Crippen LogP contribution in [0.25, 0.3) is 0 Å². The lowest BCUT2D eigenvalue weighted by Crippen LogP contribution is -2.40. The third kappa shape index (κ3) is 5.17. The van der Waals surface area contributed by atoms with Crippen molar-refractivity contribution in [1.29, 1.82) is 0 Å². The summed E-state index contributed by atoms with van der Waals surface area (Å²) in [5.74, 6) is 0. The molecule has 0 saturated heterocycles. The van der Waals surface area contributed by atoms with Crippen LogP contribution >= 0.6 is 11.3 Å². The van der Waals surface area contributed by atoms with Gasteiger partial charge in [0.1, 0.15) is 0 Å². The largest absolute Gasteiger partial charge is 0.314 e. The second-order valence-electron chi connectivity index (χ2n) is 5.75. The van der Waals surface area contributed by atoms with E-state index >= 15 is 0 Å². The van der Waals surface area contributed by atoms with Crippen molar-refractivity contribution in [3.05, 3.63) is 16.1 Å². The quantitative estimate of drug-likeness (QED) is 0.835. The smallest absolute Gasteiger partial charge is 0.0928 e. The Hall–Kier alpha value is -0.410. The summed E-state index contributed by atoms with van der Waals surface area (Å²) in [5.41, 5.74) is 1.50. The number of nitrogens with one attached hydrogen (secondary N) is 1. The Bertz CT molecular complexity index is 325. The molecule has 0 aliphatic carbocycles. The van der Waals surface area contributed by atoms with E-state index in [1.807, 2.05) is 0 Å². The van der Waals surface area contributed by atoms with Crippen molar-refractivity contribution in [2.45, 2.75) is 59.9 Å². The van der Waals surface area contributed by atoms with Crippen molar-refractivity contribution >= 4 is 11.3 Å². The maximum Gasteiger partial charge on any atom is 0.0928 e. The zero-order valence-electron chi connectivity index (χ0n) is 11.8. The lowest BCUT2D eigenvalue weighted by Gasteiger charge is -2.31. The molecule has 1 aromatic rings. The van der Waals surface area contributed by atoms with E-state index in [0.717, 1.165) is 18.7 Å². The number of nitrogens with zero attached hydrogens (tertiary/aromatic N) is 1. The molecule has 98 valence electrons. The van der Waals surface area contributed by atoms with Gasteiger partial charge in [0.15, 0.2) is 0 Å². The Labute approximate surface area is 110 Å². The van der Waals surface area contributed by atoms with Crippen molar-refractivity contribution in [3.63, 3.8) is 0 Å². The fraction of sp³-hybridized carbons (Fsp3) is 0.786. The molecular weight excluding hydrogens is 228 g/mol. The average Bonchev–Trinajstić information content (AvgIpc) is 2.61. The number of aryl methyl sites for hydroxylation is 2. The van der Waals surface area contributed by atoms with E-state index in [-0.39, 0.29) is 0 Å². The molecule has 2 nitrogen and oxygen atoms in total. The first-order chi connectivity index (χ1) is 7.93. The molecule has 0 bridgehead atoms. The molecule has 1 N–H and O–H groups in total. The van der Waals surface area contributed by atoms with Crippen molar-refractivity contribution in [1.82, 2.24) is 10.3 Å². The Morgan fingerprint density at radius 3 is 2.59 bits per heavy atom. The molecule has 1 unspecified atom stereocenters. The summed E-state index contributed by atoms with van der Waals surface area (Å²) in [6.07, 6.45) is 3.58. The zero-order valence-corrected chi connectivity index (χ0v) is 12.7. The Kier molecular flexibility index (Phi) is 5.60. The molecular formula is C14H26N2S. The minimum absolute atomic E-state index is 0.342. The minimum Gasteiger partial charge on any atom is -0.314 e. The van der Waals surface area contributed by atoms with E-state index in [0.29, 0.717) is 11.5 Å². The lowest BCUT2D eigenvalue weighted by molar-refractivity contribution is 0.254. The van der Waals surface area contributed by atoms with Gasteiger partial charge in [-0.3, -0.25) is 0 Å². The first kappa shape index (κ1) is 14.7. The number of rotatable bonds is 6. The van der Waals surface area contributed by atoms with Gasteiger partial charge in [-0.2, -0.15) is 0 Å². The highest BCUT2D eigenvalue weighted by Gasteiger charge is 2.22. The van der Waals surface area contributed by atoms with Crippen molar-refractivity contribution in [3.8, 4) is 0 Å². The molecule has 3 heteroatoms. The molecule has 0 saturated carbocycles. The number of hydrogen-bond acceptors (Lipinski definition) is 3. The molecule has 17 heavy (non-hydrogen) atoms. The van der Waals surface area contributed by atoms with Crippen molar-refractivity contribution < 1.29 is 0 Å². The summed E-state index contributed by atoms with van der Waals surface area (Å²) in [6, 6.07) is 0.605. The molecule has 1 aromatic heterocycles. The van der Waals surface area contributed by atoms with E-state index < -0.39 is 0 Å². The van der Waals surface area contributed by atoms with Crippen molar-refractivity contribution in [2.24, 2.45) is 5.41 Å². The molecule has 0 spiro atoms. The third-order valence-corrected chi connectivity index (χ3v) is 4.07. The van der Waals surface area contributed by atoms with Crippen LogP contribution < -0.4 is 5.32 Å². The third-order valence-electron chi connectivity index (χ3n) is 3.05. The van der Waals surface area contributed by atoms with Gasteiger partial charge in [0.25, 0.3) is 0 Å². The summed E-state index contributed by atoms with van der Waals surface area (Å²) in [5, 5.41) is 7.02. The van der Waals surface area contributed by atoms with E-state index in [1.54, 1.807) is 11.3 Å². The molecule has 0 aromatic carbocycles. The first-order valence-corrected chi connectivity index (χ1v) is 7.46. The molecule has 0 aliphatic rings. The van der Waals surface area contributed by atoms with E-state index in [9.17, 15) is 0 Å². The van der Waals surface area contributed by atoms with Crippen LogP contribution in [0.15, 0.2) is 5.38 Å². The predicted octanol–water partition coefficient (Wildman–Crippen LogP) is 3.80. The molecule has 1 rings (SSSR count). The average molecular weight is 254 g/mol. The molecule has 0 amide bonds. The van der Waals surface area contributed by atoms with E-state index in [1.165, 1.54) is 17.8 Å². The molecule has 1 atom stereocenters. The highest BCUT2D eigenvalue weighted by atomic mass is 32.1. The van der Waals surface area contributed by atoms with Gasteiger partial charge < -0.3 is 5.32 Å². The second kappa shape index (κ2) is 6.50. The van der Waals surface area contributed by atoms with Gasteiger partial charge in [-0.05, 0) is 38.1 Å². The van der Waals surface area contributed by atoms with Crippen LogP contribution in [0.2, 0.25) is 0 Å². The summed E-state index contributed by atoms with van der Waals surface area (Å²) < 4.78 is 0. The van der Waals surface area contributed by atoms with Crippen LogP contribution in [-0.4, -0.2) is 17.6 Å². The Morgan fingerprint density at radius 2 is 2.12 bits per heavy atom. The summed E-state index contributed by atoms with van der Waals surface area (Å²) >= 11 is 1.79. The molecule has 0 fully saturated rings. The van der Waals surface area contributed by atoms with Gasteiger partial charge in [0.2, 0.25) is 0 Å². The summed E-state index contributed by atoms with van der Waals surface area (Å²) in [7, 11) is 0. The van der Waals surface area contributed by atoms with E-state index in [2.05, 4.69) is 50.3 Å². The number of thiazole rings is 1. The minimum atomic E-state index is 0.342. The monoisotopic (exact) mass is 254 g/mol. The topological polar surface area (TPSA) is 24.9 Å². The predicted molar refractivity (Wildman–Crippen MR) is 76.7 cm³/mol. The molecule has 1 heterocycles. The van der Waals surface area contributed by atoms with Gasteiger partial charge in [-0.25, -0.2) is 4.98 Å². The standard InChI is InChI=1S/C14H26N2S/c1-6-15-12(14(3,4)5)8-7-9-13-16-11(2)10-17-13/h10,12,15H,6-9H2,1-5H3. The summed E-state index contributed by atoms with van der Waals surface area (Å²) in [4.78, 5) is 4.51. The SMILES string of the molecule is CCNC(CCCc1nc(C)cs1)C(C)(C)C.